The van der Waals surface area contributed by atoms with Crippen molar-refractivity contribution in [2.24, 2.45) is 0 Å². The molecule has 1 N–H and O–H groups in total. The van der Waals surface area contributed by atoms with Gasteiger partial charge in [0.1, 0.15) is 4.90 Å². The van der Waals surface area contributed by atoms with Crippen LogP contribution in [0.2, 0.25) is 5.02 Å². The largest absolute Gasteiger partial charge is 0.416 e. The van der Waals surface area contributed by atoms with Gasteiger partial charge in [-0.05, 0) is 29.8 Å². The van der Waals surface area contributed by atoms with Crippen LogP contribution >= 0.6 is 11.6 Å². The highest BCUT2D eigenvalue weighted by Crippen LogP contribution is 2.29. The Morgan fingerprint density at radius 2 is 1.71 bits per heavy atom. The summed E-state index contributed by atoms with van der Waals surface area (Å²) in [5.74, 6) is -0.359. The number of sulfonamides is 1. The highest BCUT2D eigenvalue weighted by molar-refractivity contribution is 7.89. The minimum atomic E-state index is -4.42. The highest BCUT2D eigenvalue weighted by atomic mass is 35.5. The van der Waals surface area contributed by atoms with Gasteiger partial charge >= 0.3 is 6.18 Å². The van der Waals surface area contributed by atoms with Gasteiger partial charge in [-0.25, -0.2) is 13.1 Å². The summed E-state index contributed by atoms with van der Waals surface area (Å²) in [6.07, 6.45) is -4.53. The van der Waals surface area contributed by atoms with Crippen LogP contribution in [0.4, 0.5) is 13.2 Å². The zero-order chi connectivity index (χ0) is 20.9. The monoisotopic (exact) mass is 434 g/mol. The van der Waals surface area contributed by atoms with Crippen molar-refractivity contribution in [3.8, 4) is 0 Å². The fourth-order valence-electron chi connectivity index (χ4n) is 2.38. The van der Waals surface area contributed by atoms with E-state index in [1.54, 1.807) is 6.07 Å². The number of carbonyl (C=O) groups is 1. The molecule has 10 heteroatoms. The first kappa shape index (κ1) is 22.2. The van der Waals surface area contributed by atoms with Crippen molar-refractivity contribution in [2.45, 2.75) is 24.0 Å². The number of benzene rings is 2. The van der Waals surface area contributed by atoms with Crippen LogP contribution in [0, 0.1) is 0 Å². The summed E-state index contributed by atoms with van der Waals surface area (Å²) < 4.78 is 64.4. The van der Waals surface area contributed by atoms with E-state index in [9.17, 15) is 26.4 Å². The van der Waals surface area contributed by atoms with Crippen molar-refractivity contribution in [1.29, 1.82) is 0 Å². The van der Waals surface area contributed by atoms with Crippen LogP contribution in [0.5, 0.6) is 0 Å². The number of alkyl halides is 3. The second kappa shape index (κ2) is 8.93. The van der Waals surface area contributed by atoms with E-state index in [0.29, 0.717) is 5.56 Å². The van der Waals surface area contributed by atoms with E-state index < -0.39 is 21.8 Å². The van der Waals surface area contributed by atoms with Gasteiger partial charge in [0.15, 0.2) is 0 Å². The molecular weight excluding hydrogens is 417 g/mol. The van der Waals surface area contributed by atoms with Gasteiger partial charge < -0.3 is 4.90 Å². The van der Waals surface area contributed by atoms with Crippen molar-refractivity contribution in [3.05, 3.63) is 64.7 Å². The van der Waals surface area contributed by atoms with E-state index in [1.807, 2.05) is 0 Å². The minimum Gasteiger partial charge on any atom is -0.341 e. The molecule has 0 radical (unpaired) electrons. The lowest BCUT2D eigenvalue weighted by Crippen LogP contribution is -2.32. The Labute approximate surface area is 166 Å². The standard InChI is InChI=1S/C18H18ClF3N2O3S/c1-24(12-13-6-8-14(9-7-13)18(20,21)22)17(25)10-11-23-28(26,27)16-5-3-2-4-15(16)19/h2-9,23H,10-12H2,1H3. The third-order valence-corrected chi connectivity index (χ3v) is 5.84. The molecular formula is C18H18ClF3N2O3S. The van der Waals surface area contributed by atoms with Gasteiger partial charge in [-0.3, -0.25) is 4.79 Å². The molecule has 0 heterocycles. The number of hydrogen-bond acceptors (Lipinski definition) is 3. The predicted octanol–water partition coefficient (Wildman–Crippen LogP) is 3.69. The first-order valence-electron chi connectivity index (χ1n) is 8.15. The molecule has 0 unspecified atom stereocenters. The smallest absolute Gasteiger partial charge is 0.341 e. The molecule has 0 aliphatic heterocycles. The van der Waals surface area contributed by atoms with E-state index in [0.717, 1.165) is 12.1 Å². The zero-order valence-corrected chi connectivity index (χ0v) is 16.4. The summed E-state index contributed by atoms with van der Waals surface area (Å²) in [4.78, 5) is 13.4. The number of amides is 1. The Hall–Kier alpha value is -2.10. The maximum absolute atomic E-state index is 12.6. The van der Waals surface area contributed by atoms with Gasteiger partial charge in [0, 0.05) is 26.6 Å². The number of rotatable bonds is 7. The van der Waals surface area contributed by atoms with Crippen LogP contribution in [0.3, 0.4) is 0 Å². The minimum absolute atomic E-state index is 0.0701. The summed E-state index contributed by atoms with van der Waals surface area (Å²) >= 11 is 5.87. The van der Waals surface area contributed by atoms with E-state index in [-0.39, 0.29) is 35.3 Å². The van der Waals surface area contributed by atoms with Crippen LogP contribution in [0.1, 0.15) is 17.5 Å². The average molecular weight is 435 g/mol. The van der Waals surface area contributed by atoms with Crippen LogP contribution in [0.25, 0.3) is 0 Å². The summed E-state index contributed by atoms with van der Waals surface area (Å²) in [5.41, 5.74) is -0.236. The maximum Gasteiger partial charge on any atom is 0.416 e. The molecule has 1 amide bonds. The predicted molar refractivity (Wildman–Crippen MR) is 99.2 cm³/mol. The molecule has 0 fully saturated rings. The van der Waals surface area contributed by atoms with Crippen LogP contribution in [-0.2, 0) is 27.5 Å². The van der Waals surface area contributed by atoms with Crippen molar-refractivity contribution in [3.63, 3.8) is 0 Å². The van der Waals surface area contributed by atoms with Crippen LogP contribution in [0.15, 0.2) is 53.4 Å². The van der Waals surface area contributed by atoms with Gasteiger partial charge in [-0.2, -0.15) is 13.2 Å². The van der Waals surface area contributed by atoms with Crippen molar-refractivity contribution >= 4 is 27.5 Å². The number of carbonyl (C=O) groups excluding carboxylic acids is 1. The van der Waals surface area contributed by atoms with Gasteiger partial charge in [0.2, 0.25) is 15.9 Å². The third kappa shape index (κ3) is 5.95. The van der Waals surface area contributed by atoms with Gasteiger partial charge in [-0.15, -0.1) is 0 Å². The topological polar surface area (TPSA) is 66.5 Å². The Kier molecular flexibility index (Phi) is 7.08. The highest BCUT2D eigenvalue weighted by Gasteiger charge is 2.30. The van der Waals surface area contributed by atoms with Crippen LogP contribution in [-0.4, -0.2) is 32.8 Å². The lowest BCUT2D eigenvalue weighted by Gasteiger charge is -2.18. The average Bonchev–Trinajstić information content (AvgIpc) is 2.61. The molecule has 2 aromatic rings. The summed E-state index contributed by atoms with van der Waals surface area (Å²) in [5, 5.41) is 0.0701. The normalized spacial score (nSPS) is 12.0. The van der Waals surface area contributed by atoms with E-state index in [4.69, 9.17) is 11.6 Å². The second-order valence-corrected chi connectivity index (χ2v) is 8.17. The number of nitrogens with zero attached hydrogens (tertiary/aromatic N) is 1. The first-order chi connectivity index (χ1) is 13.0. The molecule has 0 spiro atoms. The summed E-state index contributed by atoms with van der Waals surface area (Å²) in [7, 11) is -2.36. The first-order valence-corrected chi connectivity index (χ1v) is 10.0. The Morgan fingerprint density at radius 3 is 2.29 bits per heavy atom. The molecule has 2 aromatic carbocycles. The lowest BCUT2D eigenvalue weighted by atomic mass is 10.1. The quantitative estimate of drug-likeness (QED) is 0.722. The molecule has 5 nitrogen and oxygen atoms in total. The lowest BCUT2D eigenvalue weighted by molar-refractivity contribution is -0.137. The molecule has 0 saturated heterocycles. The number of halogens is 4. The van der Waals surface area contributed by atoms with Gasteiger partial charge in [0.05, 0.1) is 10.6 Å². The molecule has 0 aliphatic carbocycles. The fraction of sp³-hybridized carbons (Fsp3) is 0.278. The SMILES string of the molecule is CN(Cc1ccc(C(F)(F)F)cc1)C(=O)CCNS(=O)(=O)c1ccccc1Cl. The van der Waals surface area contributed by atoms with Crippen molar-refractivity contribution in [1.82, 2.24) is 9.62 Å². The van der Waals surface area contributed by atoms with Crippen LogP contribution < -0.4 is 4.72 Å². The molecule has 0 aromatic heterocycles. The zero-order valence-electron chi connectivity index (χ0n) is 14.8. The third-order valence-electron chi connectivity index (χ3n) is 3.88. The Bertz CT molecular complexity index is 932. The van der Waals surface area contributed by atoms with Crippen molar-refractivity contribution < 1.29 is 26.4 Å². The van der Waals surface area contributed by atoms with Crippen molar-refractivity contribution in [2.75, 3.05) is 13.6 Å². The number of nitrogens with one attached hydrogen (secondary N) is 1. The molecule has 0 atom stereocenters. The van der Waals surface area contributed by atoms with E-state index in [2.05, 4.69) is 4.72 Å². The summed E-state index contributed by atoms with van der Waals surface area (Å²) in [6.45, 7) is -0.0298. The van der Waals surface area contributed by atoms with E-state index >= 15 is 0 Å². The molecule has 0 aliphatic rings. The Morgan fingerprint density at radius 1 is 1.11 bits per heavy atom. The summed E-state index contributed by atoms with van der Waals surface area (Å²) in [6, 6.07) is 10.4. The molecule has 0 bridgehead atoms. The molecule has 28 heavy (non-hydrogen) atoms. The van der Waals surface area contributed by atoms with Gasteiger partial charge in [-0.1, -0.05) is 35.9 Å². The molecule has 152 valence electrons. The van der Waals surface area contributed by atoms with E-state index in [1.165, 1.54) is 42.3 Å². The maximum atomic E-state index is 12.6. The second-order valence-electron chi connectivity index (χ2n) is 6.02. The number of hydrogen-bond donors (Lipinski definition) is 1. The Balaban J connectivity index is 1.88. The fourth-order valence-corrected chi connectivity index (χ4v) is 3.93. The van der Waals surface area contributed by atoms with Gasteiger partial charge in [0.25, 0.3) is 0 Å². The molecule has 0 saturated carbocycles. The molecule has 2 rings (SSSR count).